The molecule has 1 heterocycles. The van der Waals surface area contributed by atoms with Crippen LogP contribution in [0.1, 0.15) is 25.7 Å². The minimum absolute atomic E-state index is 0.0419. The highest BCUT2D eigenvalue weighted by Gasteiger charge is 2.44. The van der Waals surface area contributed by atoms with Crippen molar-refractivity contribution < 1.29 is 18.3 Å². The molecule has 1 aliphatic carbocycles. The highest BCUT2D eigenvalue weighted by atomic mass is 32.2. The molecule has 1 saturated heterocycles. The SMILES string of the molecule is O=C(NC1CCS(=O)(=O)C1)C1(CO)CCC1. The van der Waals surface area contributed by atoms with E-state index >= 15 is 0 Å². The first-order valence-electron chi connectivity index (χ1n) is 5.60. The summed E-state index contributed by atoms with van der Waals surface area (Å²) >= 11 is 0. The number of sulfone groups is 1. The zero-order valence-electron chi connectivity index (χ0n) is 9.11. The summed E-state index contributed by atoms with van der Waals surface area (Å²) in [5, 5.41) is 12.0. The Labute approximate surface area is 95.1 Å². The molecule has 1 unspecified atom stereocenters. The molecule has 0 spiro atoms. The summed E-state index contributed by atoms with van der Waals surface area (Å²) in [5.41, 5.74) is -0.633. The molecule has 5 nitrogen and oxygen atoms in total. The average Bonchev–Trinajstić information content (AvgIpc) is 2.44. The molecule has 6 heteroatoms. The van der Waals surface area contributed by atoms with Gasteiger partial charge in [0, 0.05) is 6.04 Å². The summed E-state index contributed by atoms with van der Waals surface area (Å²) in [6.45, 7) is -0.141. The molecule has 2 rings (SSSR count). The van der Waals surface area contributed by atoms with E-state index in [0.29, 0.717) is 19.3 Å². The minimum Gasteiger partial charge on any atom is -0.395 e. The molecule has 0 aromatic carbocycles. The van der Waals surface area contributed by atoms with E-state index in [1.54, 1.807) is 0 Å². The number of hydrogen-bond acceptors (Lipinski definition) is 4. The second kappa shape index (κ2) is 4.00. The fourth-order valence-electron chi connectivity index (χ4n) is 2.31. The van der Waals surface area contributed by atoms with E-state index in [2.05, 4.69) is 5.32 Å². The molecule has 2 fully saturated rings. The lowest BCUT2D eigenvalue weighted by Crippen LogP contribution is -2.51. The molecule has 2 aliphatic rings. The van der Waals surface area contributed by atoms with Crippen LogP contribution in [-0.4, -0.2) is 43.6 Å². The van der Waals surface area contributed by atoms with E-state index in [0.717, 1.165) is 6.42 Å². The van der Waals surface area contributed by atoms with Crippen LogP contribution in [-0.2, 0) is 14.6 Å². The summed E-state index contributed by atoms with van der Waals surface area (Å²) in [5.74, 6) is 0.0213. The average molecular weight is 247 g/mol. The number of aliphatic hydroxyl groups excluding tert-OH is 1. The molecule has 2 N–H and O–H groups in total. The molecule has 16 heavy (non-hydrogen) atoms. The normalized spacial score (nSPS) is 30.7. The zero-order chi connectivity index (χ0) is 11.8. The lowest BCUT2D eigenvalue weighted by molar-refractivity contribution is -0.139. The van der Waals surface area contributed by atoms with Crippen LogP contribution in [0.15, 0.2) is 0 Å². The van der Waals surface area contributed by atoms with Gasteiger partial charge in [-0.1, -0.05) is 6.42 Å². The number of carbonyl (C=O) groups is 1. The van der Waals surface area contributed by atoms with Crippen molar-refractivity contribution in [1.82, 2.24) is 5.32 Å². The molecule has 1 amide bonds. The van der Waals surface area contributed by atoms with Crippen molar-refractivity contribution in [3.8, 4) is 0 Å². The minimum atomic E-state index is -2.96. The van der Waals surface area contributed by atoms with Crippen molar-refractivity contribution in [2.24, 2.45) is 5.41 Å². The number of amides is 1. The van der Waals surface area contributed by atoms with Gasteiger partial charge in [0.15, 0.2) is 9.84 Å². The van der Waals surface area contributed by atoms with Gasteiger partial charge in [0.1, 0.15) is 0 Å². The Hall–Kier alpha value is -0.620. The number of hydrogen-bond donors (Lipinski definition) is 2. The molecule has 0 aromatic rings. The van der Waals surface area contributed by atoms with E-state index < -0.39 is 15.3 Å². The van der Waals surface area contributed by atoms with Crippen LogP contribution in [0.2, 0.25) is 0 Å². The smallest absolute Gasteiger partial charge is 0.228 e. The van der Waals surface area contributed by atoms with E-state index in [9.17, 15) is 18.3 Å². The monoisotopic (exact) mass is 247 g/mol. The maximum atomic E-state index is 11.9. The van der Waals surface area contributed by atoms with Gasteiger partial charge in [-0.2, -0.15) is 0 Å². The van der Waals surface area contributed by atoms with Crippen molar-refractivity contribution in [3.05, 3.63) is 0 Å². The van der Waals surface area contributed by atoms with E-state index in [1.165, 1.54) is 0 Å². The van der Waals surface area contributed by atoms with Crippen LogP contribution in [0.5, 0.6) is 0 Å². The van der Waals surface area contributed by atoms with Gasteiger partial charge in [-0.25, -0.2) is 8.42 Å². The van der Waals surface area contributed by atoms with Gasteiger partial charge in [-0.05, 0) is 19.3 Å². The van der Waals surface area contributed by atoms with Gasteiger partial charge >= 0.3 is 0 Å². The highest BCUT2D eigenvalue weighted by molar-refractivity contribution is 7.91. The molecule has 1 aliphatic heterocycles. The predicted molar refractivity (Wildman–Crippen MR) is 58.6 cm³/mol. The first kappa shape index (κ1) is 11.9. The third-order valence-corrected chi connectivity index (χ3v) is 5.43. The van der Waals surface area contributed by atoms with Crippen LogP contribution in [0.3, 0.4) is 0 Å². The lowest BCUT2D eigenvalue weighted by Gasteiger charge is -2.39. The molecular formula is C10H17NO4S. The van der Waals surface area contributed by atoms with Gasteiger partial charge in [-0.15, -0.1) is 0 Å². The van der Waals surface area contributed by atoms with Crippen molar-refractivity contribution in [2.45, 2.75) is 31.7 Å². The molecular weight excluding hydrogens is 230 g/mol. The molecule has 0 aromatic heterocycles. The molecule has 0 radical (unpaired) electrons. The Morgan fingerprint density at radius 1 is 1.44 bits per heavy atom. The van der Waals surface area contributed by atoms with Crippen molar-refractivity contribution in [3.63, 3.8) is 0 Å². The highest BCUT2D eigenvalue weighted by Crippen LogP contribution is 2.40. The van der Waals surface area contributed by atoms with E-state index in [-0.39, 0.29) is 30.1 Å². The van der Waals surface area contributed by atoms with Crippen molar-refractivity contribution >= 4 is 15.7 Å². The number of carbonyl (C=O) groups excluding carboxylic acids is 1. The third-order valence-electron chi connectivity index (χ3n) is 3.66. The Balaban J connectivity index is 1.93. The zero-order valence-corrected chi connectivity index (χ0v) is 9.92. The fraction of sp³-hybridized carbons (Fsp3) is 0.900. The van der Waals surface area contributed by atoms with Crippen molar-refractivity contribution in [1.29, 1.82) is 0 Å². The van der Waals surface area contributed by atoms with Crippen LogP contribution in [0.4, 0.5) is 0 Å². The second-order valence-electron chi connectivity index (χ2n) is 4.87. The number of rotatable bonds is 3. The van der Waals surface area contributed by atoms with Gasteiger partial charge in [0.2, 0.25) is 5.91 Å². The topological polar surface area (TPSA) is 83.5 Å². The quantitative estimate of drug-likeness (QED) is 0.701. The van der Waals surface area contributed by atoms with Crippen LogP contribution in [0.25, 0.3) is 0 Å². The Bertz CT molecular complexity index is 380. The van der Waals surface area contributed by atoms with Crippen LogP contribution < -0.4 is 5.32 Å². The van der Waals surface area contributed by atoms with Gasteiger partial charge in [0.25, 0.3) is 0 Å². The standard InChI is InChI=1S/C10H17NO4S/c12-7-10(3-1-4-10)9(13)11-8-2-5-16(14,15)6-8/h8,12H,1-7H2,(H,11,13). The maximum absolute atomic E-state index is 11.9. The van der Waals surface area contributed by atoms with E-state index in [4.69, 9.17) is 0 Å². The van der Waals surface area contributed by atoms with Gasteiger partial charge in [0.05, 0.1) is 23.5 Å². The Morgan fingerprint density at radius 2 is 2.12 bits per heavy atom. The second-order valence-corrected chi connectivity index (χ2v) is 7.09. The first-order valence-corrected chi connectivity index (χ1v) is 7.42. The van der Waals surface area contributed by atoms with Gasteiger partial charge < -0.3 is 10.4 Å². The molecule has 1 atom stereocenters. The largest absolute Gasteiger partial charge is 0.395 e. The Morgan fingerprint density at radius 3 is 2.50 bits per heavy atom. The number of nitrogens with one attached hydrogen (secondary N) is 1. The van der Waals surface area contributed by atoms with Crippen LogP contribution >= 0.6 is 0 Å². The van der Waals surface area contributed by atoms with E-state index in [1.807, 2.05) is 0 Å². The Kier molecular flexibility index (Phi) is 2.96. The first-order chi connectivity index (χ1) is 7.47. The maximum Gasteiger partial charge on any atom is 0.228 e. The summed E-state index contributed by atoms with van der Waals surface area (Å²) in [6.07, 6.45) is 2.86. The van der Waals surface area contributed by atoms with Crippen molar-refractivity contribution in [2.75, 3.05) is 18.1 Å². The number of aliphatic hydroxyl groups is 1. The molecule has 1 saturated carbocycles. The molecule has 0 bridgehead atoms. The van der Waals surface area contributed by atoms with Crippen LogP contribution in [0, 0.1) is 5.41 Å². The summed E-state index contributed by atoms with van der Waals surface area (Å²) < 4.78 is 22.4. The van der Waals surface area contributed by atoms with Gasteiger partial charge in [-0.3, -0.25) is 4.79 Å². The third kappa shape index (κ3) is 2.08. The summed E-state index contributed by atoms with van der Waals surface area (Å²) in [6, 6.07) is -0.262. The summed E-state index contributed by atoms with van der Waals surface area (Å²) in [7, 11) is -2.96. The fourth-order valence-corrected chi connectivity index (χ4v) is 3.98. The lowest BCUT2D eigenvalue weighted by atomic mass is 9.68. The predicted octanol–water partition coefficient (Wildman–Crippen LogP) is -0.548. The summed E-state index contributed by atoms with van der Waals surface area (Å²) in [4.78, 5) is 11.9. The molecule has 92 valence electrons.